The molecule has 0 bridgehead atoms. The Kier molecular flexibility index (Phi) is 9.81. The number of para-hydroxylation sites is 1. The highest BCUT2D eigenvalue weighted by atomic mass is 19.4. The van der Waals surface area contributed by atoms with Crippen LogP contribution < -0.4 is 4.90 Å². The number of fused-ring (bicyclic) bond motifs is 1. The number of aliphatic hydroxyl groups excluding tert-OH is 3. The number of imide groups is 1. The second-order valence-corrected chi connectivity index (χ2v) is 11.6. The molecular weight excluding hydrogens is 646 g/mol. The van der Waals surface area contributed by atoms with Crippen LogP contribution in [0.15, 0.2) is 78.0 Å². The Morgan fingerprint density at radius 1 is 0.938 bits per heavy atom. The first kappa shape index (κ1) is 34.8. The van der Waals surface area contributed by atoms with Crippen molar-refractivity contribution >= 4 is 29.2 Å². The first-order chi connectivity index (χ1) is 22.6. The van der Waals surface area contributed by atoms with E-state index in [0.29, 0.717) is 16.8 Å². The van der Waals surface area contributed by atoms with Gasteiger partial charge in [0.25, 0.3) is 0 Å². The normalized spacial score (nSPS) is 21.1. The van der Waals surface area contributed by atoms with E-state index in [1.807, 2.05) is 0 Å². The summed E-state index contributed by atoms with van der Waals surface area (Å²) in [6, 6.07) is 12.1. The number of anilines is 1. The number of halogens is 6. The van der Waals surface area contributed by atoms with Gasteiger partial charge in [0.05, 0.1) is 53.7 Å². The number of rotatable bonds is 9. The minimum atomic E-state index is -5.23. The van der Waals surface area contributed by atoms with E-state index in [0.717, 1.165) is 0 Å². The van der Waals surface area contributed by atoms with Gasteiger partial charge in [-0.05, 0) is 78.5 Å². The van der Waals surface area contributed by atoms with Crippen molar-refractivity contribution < 1.29 is 56.4 Å². The van der Waals surface area contributed by atoms with E-state index in [4.69, 9.17) is 0 Å². The zero-order valence-electron chi connectivity index (χ0n) is 25.0. The van der Waals surface area contributed by atoms with Gasteiger partial charge < -0.3 is 20.4 Å². The highest BCUT2D eigenvalue weighted by molar-refractivity contribution is 6.22. The number of pyridine rings is 1. The van der Waals surface area contributed by atoms with Crippen LogP contribution in [-0.2, 0) is 21.9 Å². The van der Waals surface area contributed by atoms with Gasteiger partial charge in [-0.2, -0.15) is 26.3 Å². The van der Waals surface area contributed by atoms with Gasteiger partial charge in [-0.3, -0.25) is 14.6 Å². The van der Waals surface area contributed by atoms with Crippen LogP contribution in [0, 0.1) is 17.8 Å². The Balaban J connectivity index is 1.47. The average molecular weight is 677 g/mol. The van der Waals surface area contributed by atoms with Crippen LogP contribution >= 0.6 is 0 Å². The molecular formula is C34H30F6N2O6. The fraction of sp³-hybridized carbons (Fsp3) is 0.324. The number of carbonyl (C=O) groups excluding carboxylic acids is 2. The summed E-state index contributed by atoms with van der Waals surface area (Å²) >= 11 is 0. The van der Waals surface area contributed by atoms with Crippen molar-refractivity contribution in [3.63, 3.8) is 0 Å². The topological polar surface area (TPSA) is 131 Å². The molecule has 254 valence electrons. The average Bonchev–Trinajstić information content (AvgIpc) is 3.30. The maximum Gasteiger partial charge on any atom is 0.416 e. The number of hydrogen-bond acceptors (Lipinski definition) is 7. The number of aromatic nitrogens is 1. The van der Waals surface area contributed by atoms with E-state index in [9.17, 15) is 56.4 Å². The quantitative estimate of drug-likeness (QED) is 0.132. The lowest BCUT2D eigenvalue weighted by Crippen LogP contribution is -2.39. The number of nitrogens with zero attached hydrogens (tertiary/aromatic N) is 2. The van der Waals surface area contributed by atoms with E-state index in [1.165, 1.54) is 6.07 Å². The molecule has 4 N–H and O–H groups in total. The summed E-state index contributed by atoms with van der Waals surface area (Å²) in [4.78, 5) is 31.8. The van der Waals surface area contributed by atoms with Crippen molar-refractivity contribution in [2.75, 3.05) is 18.1 Å². The fourth-order valence-corrected chi connectivity index (χ4v) is 6.50. The van der Waals surface area contributed by atoms with E-state index in [-0.39, 0.29) is 59.3 Å². The molecule has 5 rings (SSSR count). The molecule has 0 spiro atoms. The van der Waals surface area contributed by atoms with Gasteiger partial charge in [0.2, 0.25) is 11.8 Å². The van der Waals surface area contributed by atoms with Crippen molar-refractivity contribution in [1.29, 1.82) is 0 Å². The Labute approximate surface area is 270 Å². The van der Waals surface area contributed by atoms with Gasteiger partial charge in [0, 0.05) is 17.7 Å². The number of hydrogen-bond donors (Lipinski definition) is 4. The van der Waals surface area contributed by atoms with E-state index in [2.05, 4.69) is 4.98 Å². The standard InChI is InChI=1S/C34H30F6N2O6/c35-33(36,37)21-13-22(34(38,39)40)15-23(14-21)42-31(47)24-12-20(16-43)29(25(17-44)30(24)32(42)48)28(46)9-8-18(26-6-3-4-10-41-26)11-19-5-1-2-7-27(19)45/h1-7,10-11,13-15,24-25,28,30,43-46H,8-9,12,16-17H2/b18-11-/t24-,25+,28-,30-/m1/s1. The molecule has 3 aromatic rings. The van der Waals surface area contributed by atoms with Gasteiger partial charge in [0.15, 0.2) is 0 Å². The monoisotopic (exact) mass is 676 g/mol. The van der Waals surface area contributed by atoms with Crippen LogP contribution in [0.25, 0.3) is 11.6 Å². The van der Waals surface area contributed by atoms with E-state index in [1.54, 1.807) is 48.7 Å². The van der Waals surface area contributed by atoms with Crippen molar-refractivity contribution in [3.8, 4) is 5.75 Å². The number of allylic oxidation sites excluding steroid dienone is 1. The van der Waals surface area contributed by atoms with Gasteiger partial charge in [0.1, 0.15) is 5.75 Å². The number of aliphatic hydroxyl groups is 3. The molecule has 0 unspecified atom stereocenters. The van der Waals surface area contributed by atoms with Crippen molar-refractivity contribution in [1.82, 2.24) is 4.98 Å². The van der Waals surface area contributed by atoms with Gasteiger partial charge >= 0.3 is 12.4 Å². The number of phenolic OH excluding ortho intramolecular Hbond substituents is 1. The molecule has 0 saturated carbocycles. The third-order valence-corrected chi connectivity index (χ3v) is 8.71. The van der Waals surface area contributed by atoms with Crippen molar-refractivity contribution in [2.24, 2.45) is 17.8 Å². The molecule has 14 heteroatoms. The number of aromatic hydroxyl groups is 1. The highest BCUT2D eigenvalue weighted by Gasteiger charge is 2.55. The van der Waals surface area contributed by atoms with Gasteiger partial charge in [-0.25, -0.2) is 4.90 Å². The Hall–Kier alpha value is -4.53. The molecule has 2 heterocycles. The summed E-state index contributed by atoms with van der Waals surface area (Å²) < 4.78 is 81.5. The van der Waals surface area contributed by atoms with Gasteiger partial charge in [-0.1, -0.05) is 24.3 Å². The van der Waals surface area contributed by atoms with Crippen molar-refractivity contribution in [2.45, 2.75) is 37.7 Å². The van der Waals surface area contributed by atoms with E-state index < -0.39 is 78.1 Å². The van der Waals surface area contributed by atoms with Crippen molar-refractivity contribution in [3.05, 3.63) is 100 Å². The maximum atomic E-state index is 13.7. The summed E-state index contributed by atoms with van der Waals surface area (Å²) in [5.41, 5.74) is -2.59. The first-order valence-corrected chi connectivity index (χ1v) is 14.8. The molecule has 1 aliphatic heterocycles. The number of amides is 2. The molecule has 1 fully saturated rings. The molecule has 1 aromatic heterocycles. The largest absolute Gasteiger partial charge is 0.507 e. The lowest BCUT2D eigenvalue weighted by Gasteiger charge is -2.36. The summed E-state index contributed by atoms with van der Waals surface area (Å²) in [6.07, 6.45) is -8.85. The third-order valence-electron chi connectivity index (χ3n) is 8.71. The summed E-state index contributed by atoms with van der Waals surface area (Å²) in [5.74, 6) is -6.26. The van der Waals surface area contributed by atoms with Crippen LogP contribution in [0.1, 0.15) is 41.6 Å². The lowest BCUT2D eigenvalue weighted by atomic mass is 9.68. The molecule has 8 nitrogen and oxygen atoms in total. The third kappa shape index (κ3) is 6.86. The molecule has 4 atom stereocenters. The van der Waals surface area contributed by atoms with Crippen LogP contribution in [0.5, 0.6) is 5.75 Å². The molecule has 1 saturated heterocycles. The fourth-order valence-electron chi connectivity index (χ4n) is 6.50. The summed E-state index contributed by atoms with van der Waals surface area (Å²) in [6.45, 7) is -1.52. The Morgan fingerprint density at radius 3 is 2.15 bits per heavy atom. The molecule has 2 aromatic carbocycles. The number of alkyl halides is 6. The zero-order valence-corrected chi connectivity index (χ0v) is 25.0. The number of phenols is 1. The summed E-state index contributed by atoms with van der Waals surface area (Å²) in [7, 11) is 0. The minimum absolute atomic E-state index is 0.00693. The van der Waals surface area contributed by atoms with Crippen LogP contribution in [0.2, 0.25) is 0 Å². The highest BCUT2D eigenvalue weighted by Crippen LogP contribution is 2.48. The van der Waals surface area contributed by atoms with E-state index >= 15 is 0 Å². The smallest absolute Gasteiger partial charge is 0.416 e. The first-order valence-electron chi connectivity index (χ1n) is 14.8. The second kappa shape index (κ2) is 13.5. The van der Waals surface area contributed by atoms with Gasteiger partial charge in [-0.15, -0.1) is 0 Å². The predicted molar refractivity (Wildman–Crippen MR) is 161 cm³/mol. The molecule has 2 amide bonds. The Bertz CT molecular complexity index is 1720. The number of benzene rings is 2. The minimum Gasteiger partial charge on any atom is -0.507 e. The SMILES string of the molecule is O=C1[C@@H]2[C@@H](CC(CO)=C([C@H](O)CC/C(=C/c3ccccc3O)c3ccccn3)[C@@H]2CO)C(=O)N1c1cc(C(F)(F)F)cc(C(F)(F)F)c1. The molecule has 48 heavy (non-hydrogen) atoms. The summed E-state index contributed by atoms with van der Waals surface area (Å²) in [5, 5.41) is 42.5. The second-order valence-electron chi connectivity index (χ2n) is 11.6. The number of carbonyl (C=O) groups is 2. The molecule has 0 radical (unpaired) electrons. The zero-order chi connectivity index (χ0) is 35.0. The van der Waals surface area contributed by atoms with Crippen LogP contribution in [-0.4, -0.2) is 56.5 Å². The van der Waals surface area contributed by atoms with Crippen LogP contribution in [0.3, 0.4) is 0 Å². The maximum absolute atomic E-state index is 13.7. The lowest BCUT2D eigenvalue weighted by molar-refractivity contribution is -0.143. The van der Waals surface area contributed by atoms with Crippen LogP contribution in [0.4, 0.5) is 32.0 Å². The molecule has 2 aliphatic rings. The Morgan fingerprint density at radius 2 is 1.58 bits per heavy atom. The predicted octanol–water partition coefficient (Wildman–Crippen LogP) is 5.61. The molecule has 1 aliphatic carbocycles.